The number of piperazine rings is 1. The number of nitrogens with one attached hydrogen (secondary N) is 1. The minimum absolute atomic E-state index is 0.0267. The highest BCUT2D eigenvalue weighted by molar-refractivity contribution is 5.99. The quantitative estimate of drug-likeness (QED) is 0.437. The first kappa shape index (κ1) is 22.5. The predicted octanol–water partition coefficient (Wildman–Crippen LogP) is 2.98. The molecule has 3 aromatic rings. The highest BCUT2D eigenvalue weighted by Gasteiger charge is 2.27. The van der Waals surface area contributed by atoms with Crippen molar-refractivity contribution in [1.29, 1.82) is 0 Å². The van der Waals surface area contributed by atoms with Crippen LogP contribution in [-0.4, -0.2) is 60.0 Å². The van der Waals surface area contributed by atoms with Gasteiger partial charge < -0.3 is 15.0 Å². The van der Waals surface area contributed by atoms with Gasteiger partial charge in [0, 0.05) is 67.8 Å². The largest absolute Gasteiger partial charge is 0.496 e. The summed E-state index contributed by atoms with van der Waals surface area (Å²) in [6.45, 7) is 5.20. The normalized spacial score (nSPS) is 15.3. The van der Waals surface area contributed by atoms with E-state index in [0.29, 0.717) is 25.0 Å². The van der Waals surface area contributed by atoms with E-state index in [1.165, 1.54) is 0 Å². The van der Waals surface area contributed by atoms with Gasteiger partial charge in [0.05, 0.1) is 23.5 Å². The third kappa shape index (κ3) is 4.73. The zero-order valence-electron chi connectivity index (χ0n) is 18.7. The molecule has 9 heteroatoms. The molecule has 1 amide bonds. The van der Waals surface area contributed by atoms with Gasteiger partial charge in [-0.15, -0.1) is 0 Å². The van der Waals surface area contributed by atoms with Crippen molar-refractivity contribution in [1.82, 2.24) is 15.2 Å². The van der Waals surface area contributed by atoms with E-state index in [9.17, 15) is 14.9 Å². The van der Waals surface area contributed by atoms with Crippen LogP contribution in [0.5, 0.6) is 5.75 Å². The summed E-state index contributed by atoms with van der Waals surface area (Å²) in [4.78, 5) is 32.2. The number of amides is 1. The Labute approximate surface area is 192 Å². The molecule has 0 bridgehead atoms. The molecule has 2 aromatic carbocycles. The SMILES string of the molecule is COc1ccccc1CNC(=O)[C@H](C)N1CCN(c2ccc([N+](=O)[O-])c3cnccc23)CC1. The molecule has 4 rings (SSSR count). The molecule has 33 heavy (non-hydrogen) atoms. The van der Waals surface area contributed by atoms with Crippen molar-refractivity contribution in [3.05, 3.63) is 70.5 Å². The summed E-state index contributed by atoms with van der Waals surface area (Å²) >= 11 is 0. The fourth-order valence-corrected chi connectivity index (χ4v) is 4.29. The van der Waals surface area contributed by atoms with Crippen LogP contribution in [0.2, 0.25) is 0 Å². The van der Waals surface area contributed by atoms with Gasteiger partial charge in [-0.05, 0) is 25.1 Å². The average Bonchev–Trinajstić information content (AvgIpc) is 2.86. The van der Waals surface area contributed by atoms with Crippen LogP contribution in [-0.2, 0) is 11.3 Å². The molecule has 0 saturated carbocycles. The zero-order valence-corrected chi connectivity index (χ0v) is 18.7. The number of carbonyl (C=O) groups is 1. The molecule has 1 aliphatic heterocycles. The zero-order chi connectivity index (χ0) is 23.4. The Kier molecular flexibility index (Phi) is 6.69. The number of para-hydroxylation sites is 1. The number of nitro groups is 1. The number of benzene rings is 2. The molecule has 0 unspecified atom stereocenters. The molecule has 9 nitrogen and oxygen atoms in total. The van der Waals surface area contributed by atoms with Crippen LogP contribution < -0.4 is 15.0 Å². The first-order valence-electron chi connectivity index (χ1n) is 10.9. The lowest BCUT2D eigenvalue weighted by Gasteiger charge is -2.39. The van der Waals surface area contributed by atoms with Crippen molar-refractivity contribution in [2.24, 2.45) is 0 Å². The van der Waals surface area contributed by atoms with E-state index in [-0.39, 0.29) is 22.6 Å². The Balaban J connectivity index is 1.39. The Bertz CT molecular complexity index is 1160. The van der Waals surface area contributed by atoms with Gasteiger partial charge in [0.2, 0.25) is 5.91 Å². The van der Waals surface area contributed by atoms with Gasteiger partial charge in [0.25, 0.3) is 5.69 Å². The number of hydrogen-bond acceptors (Lipinski definition) is 7. The van der Waals surface area contributed by atoms with Crippen LogP contribution in [0.3, 0.4) is 0 Å². The monoisotopic (exact) mass is 449 g/mol. The molecule has 172 valence electrons. The topological polar surface area (TPSA) is 101 Å². The number of fused-ring (bicyclic) bond motifs is 1. The number of hydrogen-bond donors (Lipinski definition) is 1. The molecule has 0 aliphatic carbocycles. The number of ether oxygens (including phenoxy) is 1. The Morgan fingerprint density at radius 2 is 1.91 bits per heavy atom. The summed E-state index contributed by atoms with van der Waals surface area (Å²) in [5.74, 6) is 0.728. The Hall–Kier alpha value is -3.72. The maximum absolute atomic E-state index is 12.8. The van der Waals surface area contributed by atoms with Gasteiger partial charge in [-0.3, -0.25) is 24.8 Å². The smallest absolute Gasteiger partial charge is 0.278 e. The third-order valence-electron chi connectivity index (χ3n) is 6.20. The van der Waals surface area contributed by atoms with E-state index in [4.69, 9.17) is 4.74 Å². The van der Waals surface area contributed by atoms with Crippen molar-refractivity contribution in [2.45, 2.75) is 19.5 Å². The van der Waals surface area contributed by atoms with E-state index in [0.717, 1.165) is 35.5 Å². The van der Waals surface area contributed by atoms with Gasteiger partial charge in [-0.2, -0.15) is 0 Å². The summed E-state index contributed by atoms with van der Waals surface area (Å²) in [7, 11) is 1.62. The molecule has 0 radical (unpaired) electrons. The van der Waals surface area contributed by atoms with Crippen LogP contribution in [0.1, 0.15) is 12.5 Å². The second-order valence-electron chi connectivity index (χ2n) is 8.01. The summed E-state index contributed by atoms with van der Waals surface area (Å²) in [6.07, 6.45) is 3.20. The Morgan fingerprint density at radius 3 is 2.64 bits per heavy atom. The highest BCUT2D eigenvalue weighted by atomic mass is 16.6. The minimum atomic E-state index is -0.378. The molecule has 2 heterocycles. The number of nitrogens with zero attached hydrogens (tertiary/aromatic N) is 4. The molecular weight excluding hydrogens is 422 g/mol. The van der Waals surface area contributed by atoms with Crippen LogP contribution in [0.4, 0.5) is 11.4 Å². The molecule has 1 atom stereocenters. The minimum Gasteiger partial charge on any atom is -0.496 e. The molecule has 1 aromatic heterocycles. The number of anilines is 1. The van der Waals surface area contributed by atoms with E-state index >= 15 is 0 Å². The van der Waals surface area contributed by atoms with Crippen LogP contribution in [0, 0.1) is 10.1 Å². The fourth-order valence-electron chi connectivity index (χ4n) is 4.29. The maximum atomic E-state index is 12.8. The van der Waals surface area contributed by atoms with Crippen molar-refractivity contribution < 1.29 is 14.5 Å². The molecule has 1 fully saturated rings. The number of pyridine rings is 1. The molecule has 1 N–H and O–H groups in total. The maximum Gasteiger partial charge on any atom is 0.278 e. The molecule has 1 aliphatic rings. The second kappa shape index (κ2) is 9.83. The average molecular weight is 450 g/mol. The van der Waals surface area contributed by atoms with Gasteiger partial charge in [-0.1, -0.05) is 18.2 Å². The summed E-state index contributed by atoms with van der Waals surface area (Å²) in [5, 5.41) is 15.7. The number of aromatic nitrogens is 1. The van der Waals surface area contributed by atoms with Crippen molar-refractivity contribution >= 4 is 28.1 Å². The first-order valence-corrected chi connectivity index (χ1v) is 10.9. The number of methoxy groups -OCH3 is 1. The fraction of sp³-hybridized carbons (Fsp3) is 0.333. The molecular formula is C24H27N5O4. The molecule has 1 saturated heterocycles. The van der Waals surface area contributed by atoms with E-state index in [1.54, 1.807) is 31.6 Å². The highest BCUT2D eigenvalue weighted by Crippen LogP contribution is 2.33. The van der Waals surface area contributed by atoms with Gasteiger partial charge in [0.1, 0.15) is 5.75 Å². The lowest BCUT2D eigenvalue weighted by atomic mass is 10.1. The summed E-state index contributed by atoms with van der Waals surface area (Å²) < 4.78 is 5.35. The van der Waals surface area contributed by atoms with E-state index < -0.39 is 0 Å². The van der Waals surface area contributed by atoms with E-state index in [2.05, 4.69) is 20.1 Å². The summed E-state index contributed by atoms with van der Waals surface area (Å²) in [6, 6.07) is 12.5. The van der Waals surface area contributed by atoms with Crippen molar-refractivity contribution in [3.63, 3.8) is 0 Å². The predicted molar refractivity (Wildman–Crippen MR) is 126 cm³/mol. The first-order chi connectivity index (χ1) is 16.0. The summed E-state index contributed by atoms with van der Waals surface area (Å²) in [5.41, 5.74) is 1.94. The van der Waals surface area contributed by atoms with Gasteiger partial charge >= 0.3 is 0 Å². The van der Waals surface area contributed by atoms with Gasteiger partial charge in [0.15, 0.2) is 0 Å². The van der Waals surface area contributed by atoms with Crippen molar-refractivity contribution in [3.8, 4) is 5.75 Å². The van der Waals surface area contributed by atoms with Crippen molar-refractivity contribution in [2.75, 3.05) is 38.2 Å². The van der Waals surface area contributed by atoms with E-state index in [1.807, 2.05) is 37.3 Å². The van der Waals surface area contributed by atoms with Gasteiger partial charge in [-0.25, -0.2) is 0 Å². The number of nitro benzene ring substituents is 1. The number of non-ortho nitro benzene ring substituents is 1. The van der Waals surface area contributed by atoms with Crippen LogP contribution in [0.25, 0.3) is 10.8 Å². The molecule has 0 spiro atoms. The standard InChI is InChI=1S/C24H27N5O4/c1-17(24(30)26-15-18-5-3-4-6-23(18)33-2)27-11-13-28(14-12-27)21-7-8-22(29(31)32)20-16-25-10-9-19(20)21/h3-10,16-17H,11-15H2,1-2H3,(H,26,30)/t17-/m0/s1. The van der Waals surface area contributed by atoms with Crippen LogP contribution in [0.15, 0.2) is 54.9 Å². The number of carbonyl (C=O) groups excluding carboxylic acids is 1. The lowest BCUT2D eigenvalue weighted by molar-refractivity contribution is -0.383. The lowest BCUT2D eigenvalue weighted by Crippen LogP contribution is -2.53. The number of rotatable bonds is 7. The second-order valence-corrected chi connectivity index (χ2v) is 8.01. The third-order valence-corrected chi connectivity index (χ3v) is 6.20. The Morgan fingerprint density at radius 1 is 1.15 bits per heavy atom. The van der Waals surface area contributed by atoms with Crippen LogP contribution >= 0.6 is 0 Å².